The fraction of sp³-hybridized carbons (Fsp3) is 0.429. The molecule has 0 spiro atoms. The van der Waals surface area contributed by atoms with Gasteiger partial charge in [0.15, 0.2) is 0 Å². The highest BCUT2D eigenvalue weighted by Crippen LogP contribution is 2.33. The van der Waals surface area contributed by atoms with E-state index >= 15 is 4.39 Å². The van der Waals surface area contributed by atoms with Gasteiger partial charge in [0.2, 0.25) is 0 Å². The first kappa shape index (κ1) is 21.4. The predicted octanol–water partition coefficient (Wildman–Crippen LogP) is 8.57. The molecule has 158 valence electrons. The van der Waals surface area contributed by atoms with E-state index < -0.39 is 0 Å². The second-order valence-electron chi connectivity index (χ2n) is 9.05. The van der Waals surface area contributed by atoms with Gasteiger partial charge in [0.05, 0.1) is 0 Å². The van der Waals surface area contributed by atoms with Crippen LogP contribution in [0.5, 0.6) is 0 Å². The summed E-state index contributed by atoms with van der Waals surface area (Å²) in [4.78, 5) is 0. The van der Waals surface area contributed by atoms with E-state index in [1.54, 1.807) is 0 Å². The molecular formula is C28H32ClF. The van der Waals surface area contributed by atoms with Crippen LogP contribution in [0, 0.1) is 17.7 Å². The first-order valence-corrected chi connectivity index (χ1v) is 11.9. The van der Waals surface area contributed by atoms with Crippen molar-refractivity contribution in [3.63, 3.8) is 0 Å². The second-order valence-corrected chi connectivity index (χ2v) is 9.49. The lowest BCUT2D eigenvalue weighted by atomic mass is 9.78. The number of benzene rings is 3. The highest BCUT2D eigenvalue weighted by Gasteiger charge is 2.19. The molecule has 0 aliphatic heterocycles. The minimum absolute atomic E-state index is 0.0640. The van der Waals surface area contributed by atoms with Crippen molar-refractivity contribution in [2.75, 3.05) is 0 Å². The predicted molar refractivity (Wildman–Crippen MR) is 127 cm³/mol. The molecule has 3 aromatic rings. The molecule has 0 amide bonds. The molecule has 0 atom stereocenters. The first-order chi connectivity index (χ1) is 14.6. The van der Waals surface area contributed by atoms with Gasteiger partial charge in [0, 0.05) is 10.4 Å². The zero-order valence-electron chi connectivity index (χ0n) is 18.0. The molecule has 0 nitrogen and oxygen atoms in total. The Hall–Kier alpha value is -1.86. The van der Waals surface area contributed by atoms with Gasteiger partial charge in [0.25, 0.3) is 0 Å². The number of aryl methyl sites for hydroxylation is 3. The first-order valence-electron chi connectivity index (χ1n) is 11.6. The summed E-state index contributed by atoms with van der Waals surface area (Å²) in [5.41, 5.74) is 3.31. The molecule has 4 rings (SSSR count). The van der Waals surface area contributed by atoms with Crippen molar-refractivity contribution in [1.29, 1.82) is 0 Å². The summed E-state index contributed by atoms with van der Waals surface area (Å²) in [6.45, 7) is 2.32. The van der Waals surface area contributed by atoms with E-state index in [1.807, 2.05) is 36.4 Å². The normalized spacial score (nSPS) is 19.3. The number of hydrogen-bond acceptors (Lipinski definition) is 0. The van der Waals surface area contributed by atoms with Gasteiger partial charge in [-0.15, -0.1) is 0 Å². The van der Waals surface area contributed by atoms with Gasteiger partial charge < -0.3 is 0 Å². The average Bonchev–Trinajstić information content (AvgIpc) is 2.78. The molecule has 1 aliphatic rings. The Morgan fingerprint density at radius 1 is 0.800 bits per heavy atom. The lowest BCUT2D eigenvalue weighted by Gasteiger charge is -2.27. The van der Waals surface area contributed by atoms with Gasteiger partial charge in [-0.05, 0) is 71.7 Å². The molecule has 0 unspecified atom stereocenters. The van der Waals surface area contributed by atoms with E-state index in [2.05, 4.69) is 25.1 Å². The molecule has 2 heteroatoms. The molecule has 0 saturated heterocycles. The number of fused-ring (bicyclic) bond motifs is 1. The van der Waals surface area contributed by atoms with Crippen molar-refractivity contribution in [3.8, 4) is 0 Å². The second kappa shape index (κ2) is 9.96. The zero-order chi connectivity index (χ0) is 20.9. The van der Waals surface area contributed by atoms with Crippen molar-refractivity contribution in [1.82, 2.24) is 0 Å². The van der Waals surface area contributed by atoms with Crippen molar-refractivity contribution in [3.05, 3.63) is 82.1 Å². The van der Waals surface area contributed by atoms with Gasteiger partial charge in [-0.2, -0.15) is 0 Å². The van der Waals surface area contributed by atoms with Gasteiger partial charge in [-0.25, -0.2) is 4.39 Å². The lowest BCUT2D eigenvalue weighted by molar-refractivity contribution is 0.259. The monoisotopic (exact) mass is 422 g/mol. The van der Waals surface area contributed by atoms with Crippen LogP contribution in [0.25, 0.3) is 10.8 Å². The summed E-state index contributed by atoms with van der Waals surface area (Å²) >= 11 is 5.95. The van der Waals surface area contributed by atoms with Crippen LogP contribution in [0.1, 0.15) is 62.1 Å². The summed E-state index contributed by atoms with van der Waals surface area (Å²) in [5.74, 6) is 1.76. The van der Waals surface area contributed by atoms with Crippen LogP contribution in [0.3, 0.4) is 0 Å². The fourth-order valence-electron chi connectivity index (χ4n) is 4.96. The third-order valence-electron chi connectivity index (χ3n) is 7.08. The largest absolute Gasteiger partial charge is 0.206 e. The molecular weight excluding hydrogens is 391 g/mol. The van der Waals surface area contributed by atoms with E-state index in [-0.39, 0.29) is 5.82 Å². The fourth-order valence-corrected chi connectivity index (χ4v) is 5.09. The van der Waals surface area contributed by atoms with Crippen LogP contribution in [0.4, 0.5) is 4.39 Å². The van der Waals surface area contributed by atoms with Gasteiger partial charge in [-0.3, -0.25) is 0 Å². The van der Waals surface area contributed by atoms with E-state index in [0.29, 0.717) is 6.42 Å². The van der Waals surface area contributed by atoms with Crippen molar-refractivity contribution >= 4 is 22.4 Å². The zero-order valence-corrected chi connectivity index (χ0v) is 18.7. The smallest absolute Gasteiger partial charge is 0.134 e. The molecule has 3 aromatic carbocycles. The third kappa shape index (κ3) is 5.24. The van der Waals surface area contributed by atoms with Crippen LogP contribution in [-0.4, -0.2) is 0 Å². The molecule has 1 fully saturated rings. The van der Waals surface area contributed by atoms with Gasteiger partial charge in [0.1, 0.15) is 5.82 Å². The number of hydrogen-bond donors (Lipinski definition) is 0. The molecule has 1 saturated carbocycles. The summed E-state index contributed by atoms with van der Waals surface area (Å²) in [6, 6.07) is 18.2. The maximum atomic E-state index is 15.1. The van der Waals surface area contributed by atoms with Crippen molar-refractivity contribution in [2.24, 2.45) is 11.8 Å². The van der Waals surface area contributed by atoms with E-state index in [4.69, 9.17) is 11.6 Å². The van der Waals surface area contributed by atoms with Crippen LogP contribution < -0.4 is 0 Å². The van der Waals surface area contributed by atoms with E-state index in [9.17, 15) is 0 Å². The van der Waals surface area contributed by atoms with Crippen LogP contribution in [0.15, 0.2) is 54.6 Å². The van der Waals surface area contributed by atoms with Crippen LogP contribution in [-0.2, 0) is 19.3 Å². The molecule has 1 aliphatic carbocycles. The third-order valence-corrected chi connectivity index (χ3v) is 7.33. The average molecular weight is 423 g/mol. The minimum Gasteiger partial charge on any atom is -0.206 e. The van der Waals surface area contributed by atoms with Crippen molar-refractivity contribution < 1.29 is 4.39 Å². The maximum absolute atomic E-state index is 15.1. The molecule has 0 radical (unpaired) electrons. The Morgan fingerprint density at radius 2 is 1.50 bits per heavy atom. The van der Waals surface area contributed by atoms with Crippen LogP contribution >= 0.6 is 11.6 Å². The Bertz CT molecular complexity index is 968. The SMILES string of the molecule is CCC1CCC(CCc2ccc3c(F)c(CCc4ccc(Cl)cc4)ccc3c2)CC1. The molecule has 0 bridgehead atoms. The van der Waals surface area contributed by atoms with Gasteiger partial charge >= 0.3 is 0 Å². The van der Waals surface area contributed by atoms with Gasteiger partial charge in [-0.1, -0.05) is 93.1 Å². The molecule has 30 heavy (non-hydrogen) atoms. The number of halogens is 2. The lowest BCUT2D eigenvalue weighted by Crippen LogP contribution is -2.14. The summed E-state index contributed by atoms with van der Waals surface area (Å²) < 4.78 is 15.1. The molecule has 0 heterocycles. The topological polar surface area (TPSA) is 0 Å². The Kier molecular flexibility index (Phi) is 7.10. The summed E-state index contributed by atoms with van der Waals surface area (Å²) in [7, 11) is 0. The highest BCUT2D eigenvalue weighted by molar-refractivity contribution is 6.30. The molecule has 0 aromatic heterocycles. The van der Waals surface area contributed by atoms with Crippen molar-refractivity contribution in [2.45, 2.75) is 64.7 Å². The number of rotatable bonds is 7. The van der Waals surface area contributed by atoms with E-state index in [0.717, 1.165) is 46.0 Å². The Morgan fingerprint density at radius 3 is 2.23 bits per heavy atom. The maximum Gasteiger partial charge on any atom is 0.134 e. The van der Waals surface area contributed by atoms with E-state index in [1.165, 1.54) is 49.7 Å². The highest BCUT2D eigenvalue weighted by atomic mass is 35.5. The Labute approximate surface area is 185 Å². The van der Waals surface area contributed by atoms with Crippen LogP contribution in [0.2, 0.25) is 5.02 Å². The standard InChI is InChI=1S/C28H32ClF/c1-2-20-3-5-21(6-4-20)7-8-23-12-18-27-25(19-23)15-14-24(28(27)30)13-9-22-10-16-26(29)17-11-22/h10-12,14-21H,2-9,13H2,1H3. The summed E-state index contributed by atoms with van der Waals surface area (Å²) in [6.07, 6.45) is 10.8. The Balaban J connectivity index is 1.39. The molecule has 0 N–H and O–H groups in total. The quantitative estimate of drug-likeness (QED) is 0.357. The summed E-state index contributed by atoms with van der Waals surface area (Å²) in [5, 5.41) is 2.51. The minimum atomic E-state index is -0.0640.